The summed E-state index contributed by atoms with van der Waals surface area (Å²) in [6, 6.07) is 9.28. The van der Waals surface area contributed by atoms with Crippen LogP contribution in [0.5, 0.6) is 0 Å². The lowest BCUT2D eigenvalue weighted by Gasteiger charge is -2.18. The molecule has 7 heteroatoms. The minimum absolute atomic E-state index is 0.0154. The highest BCUT2D eigenvalue weighted by Crippen LogP contribution is 2.27. The minimum Gasteiger partial charge on any atom is -0.396 e. The van der Waals surface area contributed by atoms with Crippen molar-refractivity contribution in [2.24, 2.45) is 0 Å². The van der Waals surface area contributed by atoms with Crippen LogP contribution in [0.15, 0.2) is 47.6 Å². The van der Waals surface area contributed by atoms with Gasteiger partial charge in [-0.15, -0.1) is 0 Å². The number of anilines is 1. The van der Waals surface area contributed by atoms with Crippen molar-refractivity contribution in [1.29, 1.82) is 0 Å². The van der Waals surface area contributed by atoms with E-state index in [1.54, 1.807) is 0 Å². The van der Waals surface area contributed by atoms with Gasteiger partial charge in [0.15, 0.2) is 0 Å². The van der Waals surface area contributed by atoms with Gasteiger partial charge in [-0.3, -0.25) is 4.98 Å². The first-order valence-electron chi connectivity index (χ1n) is 5.82. The summed E-state index contributed by atoms with van der Waals surface area (Å²) in [5.74, 6) is 0. The Balaban J connectivity index is 2.33. The van der Waals surface area contributed by atoms with Gasteiger partial charge in [-0.2, -0.15) is 4.31 Å². The number of benzene rings is 1. The molecule has 0 unspecified atom stereocenters. The fraction of sp³-hybridized carbons (Fsp3) is 0.154. The molecule has 0 aliphatic carbocycles. The third-order valence-electron chi connectivity index (χ3n) is 2.84. The van der Waals surface area contributed by atoms with Gasteiger partial charge in [-0.1, -0.05) is 41.9 Å². The molecular weight excluding hydrogens is 298 g/mol. The van der Waals surface area contributed by atoms with Gasteiger partial charge in [0.25, 0.3) is 0 Å². The van der Waals surface area contributed by atoms with Crippen LogP contribution in [0.25, 0.3) is 0 Å². The van der Waals surface area contributed by atoms with E-state index in [2.05, 4.69) is 4.98 Å². The summed E-state index contributed by atoms with van der Waals surface area (Å²) in [4.78, 5) is 3.70. The van der Waals surface area contributed by atoms with Crippen molar-refractivity contribution < 1.29 is 8.42 Å². The number of rotatable bonds is 4. The van der Waals surface area contributed by atoms with E-state index in [0.717, 1.165) is 5.56 Å². The number of nitrogens with zero attached hydrogens (tertiary/aromatic N) is 2. The molecule has 1 aromatic carbocycles. The highest BCUT2D eigenvalue weighted by Gasteiger charge is 2.24. The van der Waals surface area contributed by atoms with Gasteiger partial charge >= 0.3 is 0 Å². The summed E-state index contributed by atoms with van der Waals surface area (Å²) >= 11 is 5.81. The van der Waals surface area contributed by atoms with E-state index in [0.29, 0.717) is 0 Å². The number of hydrogen-bond donors (Lipinski definition) is 1. The van der Waals surface area contributed by atoms with Crippen LogP contribution in [0.1, 0.15) is 5.56 Å². The van der Waals surface area contributed by atoms with Crippen LogP contribution >= 0.6 is 11.6 Å². The second kappa shape index (κ2) is 5.78. The lowest BCUT2D eigenvalue weighted by Crippen LogP contribution is -2.27. The van der Waals surface area contributed by atoms with Gasteiger partial charge in [-0.25, -0.2) is 8.42 Å². The summed E-state index contributed by atoms with van der Waals surface area (Å²) in [7, 11) is -2.24. The van der Waals surface area contributed by atoms with Crippen LogP contribution in [-0.2, 0) is 16.6 Å². The van der Waals surface area contributed by atoms with Crippen molar-refractivity contribution in [3.8, 4) is 0 Å². The van der Waals surface area contributed by atoms with Crippen molar-refractivity contribution >= 4 is 27.3 Å². The molecule has 0 fully saturated rings. The van der Waals surface area contributed by atoms with Crippen molar-refractivity contribution in [2.75, 3.05) is 12.8 Å². The standard InChI is InChI=1S/C13H14ClN3O2S/c1-17(9-10-5-3-2-4-6-10)20(18,19)12-8-16-7-11(14)13(12)15/h2-8H,9H2,1H3,(H2,15,16). The maximum atomic E-state index is 12.5. The Morgan fingerprint density at radius 3 is 2.55 bits per heavy atom. The second-order valence-corrected chi connectivity index (χ2v) is 6.70. The van der Waals surface area contributed by atoms with E-state index in [-0.39, 0.29) is 22.2 Å². The molecule has 0 aliphatic rings. The Bertz CT molecular complexity index is 705. The topological polar surface area (TPSA) is 76.3 Å². The minimum atomic E-state index is -3.73. The van der Waals surface area contributed by atoms with Crippen molar-refractivity contribution in [3.05, 3.63) is 53.3 Å². The highest BCUT2D eigenvalue weighted by molar-refractivity contribution is 7.89. The molecule has 0 radical (unpaired) electrons. The van der Waals surface area contributed by atoms with Crippen LogP contribution < -0.4 is 5.73 Å². The van der Waals surface area contributed by atoms with Crippen LogP contribution in [0.3, 0.4) is 0 Å². The molecule has 0 saturated carbocycles. The molecule has 0 atom stereocenters. The molecular formula is C13H14ClN3O2S. The summed E-state index contributed by atoms with van der Waals surface area (Å²) in [6.45, 7) is 0.245. The Morgan fingerprint density at radius 2 is 1.90 bits per heavy atom. The first kappa shape index (κ1) is 14.8. The van der Waals surface area contributed by atoms with Crippen LogP contribution in [0.2, 0.25) is 5.02 Å². The van der Waals surface area contributed by atoms with Gasteiger partial charge in [-0.05, 0) is 5.56 Å². The number of hydrogen-bond acceptors (Lipinski definition) is 4. The van der Waals surface area contributed by atoms with E-state index in [1.165, 1.54) is 23.7 Å². The molecule has 2 rings (SSSR count). The molecule has 0 aliphatic heterocycles. The number of aromatic nitrogens is 1. The number of sulfonamides is 1. The van der Waals surface area contributed by atoms with E-state index in [4.69, 9.17) is 17.3 Å². The average molecular weight is 312 g/mol. The predicted molar refractivity (Wildman–Crippen MR) is 78.8 cm³/mol. The first-order chi connectivity index (χ1) is 9.43. The lowest BCUT2D eigenvalue weighted by atomic mass is 10.2. The van der Waals surface area contributed by atoms with E-state index in [9.17, 15) is 8.42 Å². The molecule has 2 N–H and O–H groups in total. The van der Waals surface area contributed by atoms with Gasteiger partial charge in [0.05, 0.1) is 10.7 Å². The fourth-order valence-corrected chi connectivity index (χ4v) is 3.18. The van der Waals surface area contributed by atoms with Crippen LogP contribution in [0.4, 0.5) is 5.69 Å². The summed E-state index contributed by atoms with van der Waals surface area (Å²) < 4.78 is 26.1. The monoisotopic (exact) mass is 311 g/mol. The predicted octanol–water partition coefficient (Wildman–Crippen LogP) is 2.14. The molecule has 20 heavy (non-hydrogen) atoms. The zero-order valence-corrected chi connectivity index (χ0v) is 12.4. The molecule has 1 aromatic heterocycles. The first-order valence-corrected chi connectivity index (χ1v) is 7.64. The van der Waals surface area contributed by atoms with E-state index >= 15 is 0 Å². The molecule has 2 aromatic rings. The molecule has 1 heterocycles. The largest absolute Gasteiger partial charge is 0.396 e. The number of pyridine rings is 1. The Morgan fingerprint density at radius 1 is 1.25 bits per heavy atom. The normalized spacial score (nSPS) is 11.8. The van der Waals surface area contributed by atoms with Crippen molar-refractivity contribution in [2.45, 2.75) is 11.4 Å². The Hall–Kier alpha value is -1.63. The van der Waals surface area contributed by atoms with E-state index in [1.807, 2.05) is 30.3 Å². The molecule has 0 spiro atoms. The van der Waals surface area contributed by atoms with Gasteiger partial charge in [0.1, 0.15) is 4.90 Å². The molecule has 0 amide bonds. The van der Waals surface area contributed by atoms with Gasteiger partial charge < -0.3 is 5.73 Å². The molecule has 0 saturated heterocycles. The third kappa shape index (κ3) is 2.92. The van der Waals surface area contributed by atoms with Gasteiger partial charge in [0, 0.05) is 26.0 Å². The number of halogens is 1. The maximum absolute atomic E-state index is 12.5. The third-order valence-corrected chi connectivity index (χ3v) is 4.97. The second-order valence-electron chi connectivity index (χ2n) is 4.28. The maximum Gasteiger partial charge on any atom is 0.246 e. The zero-order chi connectivity index (χ0) is 14.8. The smallest absolute Gasteiger partial charge is 0.246 e. The number of nitrogens with two attached hydrogens (primary N) is 1. The number of nitrogen functional groups attached to an aromatic ring is 1. The average Bonchev–Trinajstić information content (AvgIpc) is 2.42. The van der Waals surface area contributed by atoms with Crippen molar-refractivity contribution in [1.82, 2.24) is 9.29 Å². The van der Waals surface area contributed by atoms with Crippen molar-refractivity contribution in [3.63, 3.8) is 0 Å². The van der Waals surface area contributed by atoms with E-state index < -0.39 is 10.0 Å². The highest BCUT2D eigenvalue weighted by atomic mass is 35.5. The molecule has 5 nitrogen and oxygen atoms in total. The van der Waals surface area contributed by atoms with Crippen LogP contribution in [0, 0.1) is 0 Å². The lowest BCUT2D eigenvalue weighted by molar-refractivity contribution is 0.467. The van der Waals surface area contributed by atoms with Gasteiger partial charge in [0.2, 0.25) is 10.0 Å². The summed E-state index contributed by atoms with van der Waals surface area (Å²) in [5.41, 5.74) is 6.62. The summed E-state index contributed by atoms with van der Waals surface area (Å²) in [5, 5.41) is 0.124. The summed E-state index contributed by atoms with van der Waals surface area (Å²) in [6.07, 6.45) is 2.52. The molecule has 106 valence electrons. The zero-order valence-electron chi connectivity index (χ0n) is 10.8. The fourth-order valence-electron chi connectivity index (χ4n) is 1.73. The van der Waals surface area contributed by atoms with Crippen LogP contribution in [-0.4, -0.2) is 24.8 Å². The molecule has 0 bridgehead atoms. The SMILES string of the molecule is CN(Cc1ccccc1)S(=O)(=O)c1cncc(Cl)c1N. The quantitative estimate of drug-likeness (QED) is 0.938. The Kier molecular flexibility index (Phi) is 4.27. The Labute approximate surface area is 123 Å².